The summed E-state index contributed by atoms with van der Waals surface area (Å²) in [5.41, 5.74) is 5.59. The van der Waals surface area contributed by atoms with Gasteiger partial charge >= 0.3 is 0 Å². The molecule has 116 valence electrons. The molecule has 0 aliphatic carbocycles. The molecule has 0 atom stereocenters. The van der Waals surface area contributed by atoms with Crippen molar-refractivity contribution in [3.05, 3.63) is 29.6 Å². The van der Waals surface area contributed by atoms with Crippen LogP contribution in [0.2, 0.25) is 0 Å². The van der Waals surface area contributed by atoms with Gasteiger partial charge in [-0.25, -0.2) is 17.5 Å². The molecule has 5 nitrogen and oxygen atoms in total. The molecular formula is C14H19FN2O3S. The minimum atomic E-state index is -3.90. The van der Waals surface area contributed by atoms with Gasteiger partial charge in [0.05, 0.1) is 19.3 Å². The highest BCUT2D eigenvalue weighted by molar-refractivity contribution is 7.89. The Bertz CT molecular complexity index is 633. The van der Waals surface area contributed by atoms with E-state index in [1.54, 1.807) is 0 Å². The number of nitrogens with two attached hydrogens (primary N) is 1. The van der Waals surface area contributed by atoms with E-state index in [-0.39, 0.29) is 25.8 Å². The zero-order valence-corrected chi connectivity index (χ0v) is 12.8. The van der Waals surface area contributed by atoms with Crippen molar-refractivity contribution in [1.82, 2.24) is 4.72 Å². The molecule has 21 heavy (non-hydrogen) atoms. The number of hydrogen-bond acceptors (Lipinski definition) is 4. The molecule has 0 saturated carbocycles. The van der Waals surface area contributed by atoms with Crippen LogP contribution in [0.25, 0.3) is 0 Å². The second-order valence-corrected chi connectivity index (χ2v) is 6.20. The van der Waals surface area contributed by atoms with E-state index in [9.17, 15) is 12.8 Å². The second kappa shape index (κ2) is 8.10. The number of ether oxygens (including phenoxy) is 1. The van der Waals surface area contributed by atoms with Gasteiger partial charge in [-0.15, -0.1) is 0 Å². The monoisotopic (exact) mass is 314 g/mol. The molecule has 0 saturated heterocycles. The first-order chi connectivity index (χ1) is 9.86. The summed E-state index contributed by atoms with van der Waals surface area (Å²) < 4.78 is 45.3. The fourth-order valence-electron chi connectivity index (χ4n) is 1.50. The van der Waals surface area contributed by atoms with Crippen LogP contribution in [0.3, 0.4) is 0 Å². The number of benzene rings is 1. The lowest BCUT2D eigenvalue weighted by atomic mass is 10.2. The van der Waals surface area contributed by atoms with E-state index < -0.39 is 20.7 Å². The van der Waals surface area contributed by atoms with Crippen molar-refractivity contribution in [2.75, 3.05) is 19.7 Å². The molecule has 0 radical (unpaired) electrons. The van der Waals surface area contributed by atoms with Gasteiger partial charge in [0.25, 0.3) is 0 Å². The van der Waals surface area contributed by atoms with Crippen LogP contribution in [0.5, 0.6) is 0 Å². The van der Waals surface area contributed by atoms with Crippen LogP contribution in [-0.2, 0) is 14.8 Å². The van der Waals surface area contributed by atoms with Gasteiger partial charge in [-0.2, -0.15) is 0 Å². The number of hydrogen-bond donors (Lipinski definition) is 2. The molecule has 3 N–H and O–H groups in total. The lowest BCUT2D eigenvalue weighted by Gasteiger charge is -2.10. The fraction of sp³-hybridized carbons (Fsp3) is 0.429. The van der Waals surface area contributed by atoms with Crippen molar-refractivity contribution in [1.29, 1.82) is 0 Å². The topological polar surface area (TPSA) is 81.4 Å². The van der Waals surface area contributed by atoms with Crippen molar-refractivity contribution >= 4 is 10.0 Å². The molecule has 1 rings (SSSR count). The molecule has 0 fully saturated rings. The maximum atomic E-state index is 13.9. The normalized spacial score (nSPS) is 11.3. The van der Waals surface area contributed by atoms with Crippen LogP contribution in [0, 0.1) is 17.7 Å². The Hall–Kier alpha value is -1.46. The highest BCUT2D eigenvalue weighted by Gasteiger charge is 2.18. The average molecular weight is 314 g/mol. The van der Waals surface area contributed by atoms with Gasteiger partial charge in [-0.3, -0.25) is 0 Å². The molecule has 1 aromatic rings. The summed E-state index contributed by atoms with van der Waals surface area (Å²) >= 11 is 0. The lowest BCUT2D eigenvalue weighted by molar-refractivity contribution is 0.0834. The van der Waals surface area contributed by atoms with E-state index >= 15 is 0 Å². The standard InChI is InChI=1S/C14H19FN2O3S/c1-11(2)20-9-8-17-21(18,19)14-6-5-12(4-3-7-16)10-13(14)15/h5-6,10-11,17H,7-9,16H2,1-2H3. The maximum Gasteiger partial charge on any atom is 0.243 e. The van der Waals surface area contributed by atoms with Crippen LogP contribution < -0.4 is 10.5 Å². The molecule has 0 bridgehead atoms. The predicted molar refractivity (Wildman–Crippen MR) is 78.6 cm³/mol. The summed E-state index contributed by atoms with van der Waals surface area (Å²) in [7, 11) is -3.90. The van der Waals surface area contributed by atoms with E-state index in [1.807, 2.05) is 13.8 Å². The van der Waals surface area contributed by atoms with Crippen molar-refractivity contribution in [2.24, 2.45) is 5.73 Å². The number of rotatable bonds is 6. The SMILES string of the molecule is CC(C)OCCNS(=O)(=O)c1ccc(C#CCN)cc1F. The first-order valence-corrected chi connectivity index (χ1v) is 7.95. The molecule has 0 spiro atoms. The Morgan fingerprint density at radius 1 is 1.43 bits per heavy atom. The molecule has 1 aromatic carbocycles. The quantitative estimate of drug-likeness (QED) is 0.602. The number of nitrogens with one attached hydrogen (secondary N) is 1. The van der Waals surface area contributed by atoms with E-state index in [0.29, 0.717) is 5.56 Å². The summed E-state index contributed by atoms with van der Waals surface area (Å²) in [6.07, 6.45) is 0.00615. The highest BCUT2D eigenvalue weighted by Crippen LogP contribution is 2.15. The molecule has 7 heteroatoms. The van der Waals surface area contributed by atoms with Gasteiger partial charge in [0, 0.05) is 12.1 Å². The van der Waals surface area contributed by atoms with E-state index in [1.165, 1.54) is 12.1 Å². The first-order valence-electron chi connectivity index (χ1n) is 6.46. The van der Waals surface area contributed by atoms with Gasteiger partial charge in [-0.05, 0) is 32.0 Å². The minimum Gasteiger partial charge on any atom is -0.377 e. The smallest absolute Gasteiger partial charge is 0.243 e. The molecule has 0 aromatic heterocycles. The largest absolute Gasteiger partial charge is 0.377 e. The maximum absolute atomic E-state index is 13.9. The van der Waals surface area contributed by atoms with Crippen LogP contribution >= 0.6 is 0 Å². The zero-order valence-electron chi connectivity index (χ0n) is 12.0. The number of halogens is 1. The third-order valence-corrected chi connectivity index (χ3v) is 3.90. The van der Waals surface area contributed by atoms with Gasteiger partial charge in [-0.1, -0.05) is 11.8 Å². The van der Waals surface area contributed by atoms with Crippen LogP contribution in [-0.4, -0.2) is 34.2 Å². The van der Waals surface area contributed by atoms with Gasteiger partial charge in [0.15, 0.2) is 0 Å². The summed E-state index contributed by atoms with van der Waals surface area (Å²) in [4.78, 5) is -0.412. The summed E-state index contributed by atoms with van der Waals surface area (Å²) in [6.45, 7) is 4.14. The third kappa shape index (κ3) is 5.81. The molecule has 0 amide bonds. The zero-order chi connectivity index (χ0) is 15.9. The minimum absolute atomic E-state index is 0.00615. The Balaban J connectivity index is 2.79. The van der Waals surface area contributed by atoms with E-state index in [2.05, 4.69) is 16.6 Å². The predicted octanol–water partition coefficient (Wildman–Crippen LogP) is 0.839. The van der Waals surface area contributed by atoms with Crippen molar-refractivity contribution in [2.45, 2.75) is 24.8 Å². The highest BCUT2D eigenvalue weighted by atomic mass is 32.2. The van der Waals surface area contributed by atoms with Gasteiger partial charge in [0.1, 0.15) is 10.7 Å². The Morgan fingerprint density at radius 3 is 2.71 bits per heavy atom. The van der Waals surface area contributed by atoms with Crippen LogP contribution in [0.1, 0.15) is 19.4 Å². The molecule has 0 aliphatic heterocycles. The summed E-state index contributed by atoms with van der Waals surface area (Å²) in [6, 6.07) is 3.69. The van der Waals surface area contributed by atoms with Gasteiger partial charge < -0.3 is 10.5 Å². The second-order valence-electron chi connectivity index (χ2n) is 4.47. The van der Waals surface area contributed by atoms with Crippen LogP contribution in [0.15, 0.2) is 23.1 Å². The van der Waals surface area contributed by atoms with Gasteiger partial charge in [0.2, 0.25) is 10.0 Å². The Morgan fingerprint density at radius 2 is 2.14 bits per heavy atom. The number of sulfonamides is 1. The molecule has 0 unspecified atom stereocenters. The molecule has 0 aliphatic rings. The average Bonchev–Trinajstić information content (AvgIpc) is 2.41. The van der Waals surface area contributed by atoms with Crippen LogP contribution in [0.4, 0.5) is 4.39 Å². The summed E-state index contributed by atoms with van der Waals surface area (Å²) in [5, 5.41) is 0. The lowest BCUT2D eigenvalue weighted by Crippen LogP contribution is -2.28. The first kappa shape index (κ1) is 17.6. The Kier molecular flexibility index (Phi) is 6.78. The molecule has 0 heterocycles. The van der Waals surface area contributed by atoms with E-state index in [0.717, 1.165) is 6.07 Å². The van der Waals surface area contributed by atoms with Crippen molar-refractivity contribution in [3.8, 4) is 11.8 Å². The van der Waals surface area contributed by atoms with Crippen molar-refractivity contribution in [3.63, 3.8) is 0 Å². The third-order valence-electron chi connectivity index (χ3n) is 2.40. The molecular weight excluding hydrogens is 295 g/mol. The Labute approximate surface area is 124 Å². The summed E-state index contributed by atoms with van der Waals surface area (Å²) in [5.74, 6) is 4.36. The van der Waals surface area contributed by atoms with E-state index in [4.69, 9.17) is 10.5 Å². The fourth-order valence-corrected chi connectivity index (χ4v) is 2.57. The van der Waals surface area contributed by atoms with Crippen molar-refractivity contribution < 1.29 is 17.5 Å².